The zero-order valence-electron chi connectivity index (χ0n) is 26.9. The zero-order valence-corrected chi connectivity index (χ0v) is 27.7. The molecule has 0 radical (unpaired) electrons. The van der Waals surface area contributed by atoms with E-state index in [1.807, 2.05) is 23.3 Å². The molecule has 1 saturated carbocycles. The van der Waals surface area contributed by atoms with E-state index in [4.69, 9.17) is 9.72 Å². The van der Waals surface area contributed by atoms with E-state index in [1.165, 1.54) is 49.0 Å². The molecule has 3 aliphatic rings. The van der Waals surface area contributed by atoms with Crippen LogP contribution >= 0.6 is 11.3 Å². The molecule has 0 spiro atoms. The van der Waals surface area contributed by atoms with Crippen LogP contribution in [0.5, 0.6) is 5.75 Å². The summed E-state index contributed by atoms with van der Waals surface area (Å²) < 4.78 is 5.65. The van der Waals surface area contributed by atoms with Crippen molar-refractivity contribution in [2.24, 2.45) is 0 Å². The maximum atomic E-state index is 13.3. The molecule has 0 unspecified atom stereocenters. The Bertz CT molecular complexity index is 1530. The lowest BCUT2D eigenvalue weighted by Gasteiger charge is -2.36. The van der Waals surface area contributed by atoms with Crippen molar-refractivity contribution in [1.82, 2.24) is 20.1 Å². The van der Waals surface area contributed by atoms with Gasteiger partial charge in [-0.05, 0) is 80.0 Å². The minimum atomic E-state index is -0.261. The lowest BCUT2D eigenvalue weighted by molar-refractivity contribution is -0.121. The third kappa shape index (κ3) is 7.44. The Labute approximate surface area is 275 Å². The van der Waals surface area contributed by atoms with E-state index in [1.54, 1.807) is 31.4 Å². The molecule has 2 N–H and O–H groups in total. The Kier molecular flexibility index (Phi) is 10.3. The number of rotatable bonds is 9. The van der Waals surface area contributed by atoms with E-state index < -0.39 is 0 Å². The molecule has 10 heteroatoms. The quantitative estimate of drug-likeness (QED) is 0.283. The second-order valence-electron chi connectivity index (χ2n) is 12.8. The number of methoxy groups -OCH3 is 1. The fourth-order valence-corrected chi connectivity index (χ4v) is 7.89. The van der Waals surface area contributed by atoms with Gasteiger partial charge in [-0.2, -0.15) is 0 Å². The van der Waals surface area contributed by atoms with E-state index in [2.05, 4.69) is 27.7 Å². The maximum absolute atomic E-state index is 13.3. The van der Waals surface area contributed by atoms with E-state index in [0.29, 0.717) is 47.7 Å². The van der Waals surface area contributed by atoms with Crippen molar-refractivity contribution in [2.45, 2.75) is 82.7 Å². The molecule has 244 valence electrons. The second-order valence-corrected chi connectivity index (χ2v) is 13.6. The van der Waals surface area contributed by atoms with Crippen LogP contribution in [0.2, 0.25) is 0 Å². The molecule has 3 amide bonds. The molecular weight excluding hydrogens is 598 g/mol. The van der Waals surface area contributed by atoms with Crippen LogP contribution in [0.3, 0.4) is 0 Å². The number of anilines is 1. The first-order valence-electron chi connectivity index (χ1n) is 16.8. The molecule has 46 heavy (non-hydrogen) atoms. The van der Waals surface area contributed by atoms with E-state index in [0.717, 1.165) is 49.4 Å². The summed E-state index contributed by atoms with van der Waals surface area (Å²) in [6, 6.07) is 13.9. The number of hydrogen-bond donors (Lipinski definition) is 2. The van der Waals surface area contributed by atoms with Crippen molar-refractivity contribution in [3.05, 3.63) is 64.5 Å². The van der Waals surface area contributed by atoms with Crippen molar-refractivity contribution >= 4 is 34.2 Å². The standard InChI is InChI=1S/C36H45N5O4S/c1-3-33(42)37-28-15-18-41(22-28)29-16-19-40(20-17-29)35(44)26-11-9-25(10-12-26)34(43)39-36-38-31(23-46-36)30-21-27(13-14-32(30)45-2)24-7-5-4-6-8-24/h9-14,21,23-24,28-29H,3-8,15-20,22H2,1-2H3,(H,37,42)(H,38,39,43)/t28-/m1/s1. The highest BCUT2D eigenvalue weighted by Gasteiger charge is 2.32. The smallest absolute Gasteiger partial charge is 0.257 e. The van der Waals surface area contributed by atoms with Crippen molar-refractivity contribution in [2.75, 3.05) is 38.6 Å². The first-order chi connectivity index (χ1) is 22.4. The van der Waals surface area contributed by atoms with Crippen LogP contribution in [0.4, 0.5) is 5.13 Å². The molecule has 3 aromatic rings. The zero-order chi connectivity index (χ0) is 32.0. The van der Waals surface area contributed by atoms with Gasteiger partial charge < -0.3 is 15.0 Å². The Hall–Kier alpha value is -3.76. The number of benzene rings is 2. The fraction of sp³-hybridized carbons (Fsp3) is 0.500. The molecule has 1 atom stereocenters. The molecule has 3 fully saturated rings. The normalized spacial score (nSPS) is 19.6. The van der Waals surface area contributed by atoms with Crippen molar-refractivity contribution < 1.29 is 19.1 Å². The van der Waals surface area contributed by atoms with Gasteiger partial charge in [-0.3, -0.25) is 24.6 Å². The maximum Gasteiger partial charge on any atom is 0.257 e. The number of likely N-dealkylation sites (tertiary alicyclic amines) is 2. The Morgan fingerprint density at radius 1 is 0.935 bits per heavy atom. The van der Waals surface area contributed by atoms with Gasteiger partial charge in [0.1, 0.15) is 5.75 Å². The van der Waals surface area contributed by atoms with Gasteiger partial charge in [-0.25, -0.2) is 4.98 Å². The third-order valence-electron chi connectivity index (χ3n) is 9.87. The number of carbonyl (C=O) groups is 3. The van der Waals surface area contributed by atoms with Crippen molar-refractivity contribution in [3.63, 3.8) is 0 Å². The van der Waals surface area contributed by atoms with Gasteiger partial charge in [-0.1, -0.05) is 32.3 Å². The van der Waals surface area contributed by atoms with Crippen LogP contribution < -0.4 is 15.4 Å². The molecule has 2 saturated heterocycles. The summed E-state index contributed by atoms with van der Waals surface area (Å²) >= 11 is 1.39. The minimum Gasteiger partial charge on any atom is -0.496 e. The summed E-state index contributed by atoms with van der Waals surface area (Å²) in [5.74, 6) is 1.19. The van der Waals surface area contributed by atoms with Gasteiger partial charge in [-0.15, -0.1) is 11.3 Å². The number of carbonyl (C=O) groups excluding carboxylic acids is 3. The van der Waals surface area contributed by atoms with Crippen LogP contribution in [0.25, 0.3) is 11.3 Å². The predicted molar refractivity (Wildman–Crippen MR) is 182 cm³/mol. The lowest BCUT2D eigenvalue weighted by Crippen LogP contribution is -2.47. The Morgan fingerprint density at radius 3 is 2.39 bits per heavy atom. The number of thiazole rings is 1. The molecule has 9 nitrogen and oxygen atoms in total. The molecular formula is C36H45N5O4S. The summed E-state index contributed by atoms with van der Waals surface area (Å²) in [5.41, 5.74) is 4.11. The highest BCUT2D eigenvalue weighted by atomic mass is 32.1. The second kappa shape index (κ2) is 14.8. The van der Waals surface area contributed by atoms with Gasteiger partial charge in [0.25, 0.3) is 11.8 Å². The molecule has 1 aromatic heterocycles. The molecule has 6 rings (SSSR count). The highest BCUT2D eigenvalue weighted by Crippen LogP contribution is 2.39. The lowest BCUT2D eigenvalue weighted by atomic mass is 9.83. The minimum absolute atomic E-state index is 0.00566. The van der Waals surface area contributed by atoms with Crippen LogP contribution in [0, 0.1) is 0 Å². The average Bonchev–Trinajstić information content (AvgIpc) is 3.78. The summed E-state index contributed by atoms with van der Waals surface area (Å²) in [7, 11) is 1.67. The number of nitrogens with one attached hydrogen (secondary N) is 2. The van der Waals surface area contributed by atoms with Gasteiger partial charge in [0.05, 0.1) is 12.8 Å². The molecule has 1 aliphatic carbocycles. The Morgan fingerprint density at radius 2 is 1.67 bits per heavy atom. The monoisotopic (exact) mass is 643 g/mol. The SMILES string of the molecule is CCC(=O)N[C@@H]1CCN(C2CCN(C(=O)c3ccc(C(=O)Nc4nc(-c5cc(C6CCCCC6)ccc5OC)cs4)cc3)CC2)C1. The molecule has 0 bridgehead atoms. The summed E-state index contributed by atoms with van der Waals surface area (Å²) in [5, 5.41) is 8.52. The van der Waals surface area contributed by atoms with Gasteiger partial charge in [0.2, 0.25) is 5.91 Å². The van der Waals surface area contributed by atoms with Crippen LogP contribution in [-0.4, -0.2) is 77.9 Å². The van der Waals surface area contributed by atoms with Crippen LogP contribution in [-0.2, 0) is 4.79 Å². The summed E-state index contributed by atoms with van der Waals surface area (Å²) in [6.45, 7) is 5.16. The number of hydrogen-bond acceptors (Lipinski definition) is 7. The largest absolute Gasteiger partial charge is 0.496 e. The first kappa shape index (κ1) is 32.2. The predicted octanol–water partition coefficient (Wildman–Crippen LogP) is 6.32. The van der Waals surface area contributed by atoms with Crippen molar-refractivity contribution in [1.29, 1.82) is 0 Å². The number of aromatic nitrogens is 1. The third-order valence-corrected chi connectivity index (χ3v) is 10.6. The highest BCUT2D eigenvalue weighted by molar-refractivity contribution is 7.14. The van der Waals surface area contributed by atoms with E-state index in [9.17, 15) is 14.4 Å². The average molecular weight is 644 g/mol. The molecule has 3 heterocycles. The number of nitrogens with zero attached hydrogens (tertiary/aromatic N) is 3. The first-order valence-corrected chi connectivity index (χ1v) is 17.7. The van der Waals surface area contributed by atoms with Crippen LogP contribution in [0.1, 0.15) is 96.9 Å². The van der Waals surface area contributed by atoms with E-state index in [-0.39, 0.29) is 23.8 Å². The molecule has 2 aromatic carbocycles. The van der Waals surface area contributed by atoms with Crippen LogP contribution in [0.15, 0.2) is 47.8 Å². The van der Waals surface area contributed by atoms with Gasteiger partial charge in [0, 0.05) is 66.8 Å². The van der Waals surface area contributed by atoms with Crippen molar-refractivity contribution in [3.8, 4) is 17.0 Å². The van der Waals surface area contributed by atoms with Gasteiger partial charge >= 0.3 is 0 Å². The van der Waals surface area contributed by atoms with Gasteiger partial charge in [0.15, 0.2) is 5.13 Å². The summed E-state index contributed by atoms with van der Waals surface area (Å²) in [4.78, 5) is 47.2. The topological polar surface area (TPSA) is 104 Å². The number of piperidine rings is 1. The Balaban J connectivity index is 1.02. The number of amides is 3. The molecule has 2 aliphatic heterocycles. The van der Waals surface area contributed by atoms with E-state index >= 15 is 0 Å². The fourth-order valence-electron chi connectivity index (χ4n) is 7.19. The number of ether oxygens (including phenoxy) is 1. The summed E-state index contributed by atoms with van der Waals surface area (Å²) in [6.07, 6.45) is 9.64.